The van der Waals surface area contributed by atoms with E-state index in [1.807, 2.05) is 6.92 Å². The molecule has 1 saturated carbocycles. The molecule has 0 N–H and O–H groups in total. The highest BCUT2D eigenvalue weighted by molar-refractivity contribution is 5.97. The van der Waals surface area contributed by atoms with Crippen molar-refractivity contribution in [3.63, 3.8) is 0 Å². The van der Waals surface area contributed by atoms with E-state index in [0.717, 1.165) is 18.4 Å². The van der Waals surface area contributed by atoms with Crippen molar-refractivity contribution in [2.24, 2.45) is 11.8 Å². The maximum atomic E-state index is 11.6. The molecule has 0 spiro atoms. The number of carbonyl (C=O) groups is 1. The number of rotatable bonds is 1. The Hall–Kier alpha value is -0.590. The summed E-state index contributed by atoms with van der Waals surface area (Å²) in [4.78, 5) is 11.6. The Morgan fingerprint density at radius 3 is 2.75 bits per heavy atom. The number of ketones is 1. The van der Waals surface area contributed by atoms with Crippen LogP contribution in [0.25, 0.3) is 0 Å². The third kappa shape index (κ3) is 2.20. The van der Waals surface area contributed by atoms with E-state index in [0.29, 0.717) is 11.7 Å². The Bertz CT molecular complexity index is 201. The van der Waals surface area contributed by atoms with E-state index < -0.39 is 0 Å². The number of hydrogen-bond donors (Lipinski definition) is 0. The van der Waals surface area contributed by atoms with Crippen LogP contribution >= 0.6 is 0 Å². The van der Waals surface area contributed by atoms with Crippen molar-refractivity contribution in [3.8, 4) is 0 Å². The molecule has 0 amide bonds. The van der Waals surface area contributed by atoms with Gasteiger partial charge in [0.1, 0.15) is 0 Å². The van der Waals surface area contributed by atoms with Crippen LogP contribution in [0.5, 0.6) is 0 Å². The van der Waals surface area contributed by atoms with Gasteiger partial charge in [0, 0.05) is 5.92 Å². The van der Waals surface area contributed by atoms with Crippen LogP contribution in [-0.2, 0) is 4.79 Å². The predicted octanol–water partition coefficient (Wildman–Crippen LogP) is 2.96. The topological polar surface area (TPSA) is 17.1 Å². The lowest BCUT2D eigenvalue weighted by Crippen LogP contribution is -2.19. The van der Waals surface area contributed by atoms with Gasteiger partial charge in [0.05, 0.1) is 0 Å². The van der Waals surface area contributed by atoms with Crippen molar-refractivity contribution < 1.29 is 4.79 Å². The van der Waals surface area contributed by atoms with E-state index in [-0.39, 0.29) is 5.92 Å². The maximum Gasteiger partial charge on any atom is 0.161 e. The first-order valence-corrected chi connectivity index (χ1v) is 4.86. The molecule has 1 unspecified atom stereocenters. The van der Waals surface area contributed by atoms with Crippen LogP contribution in [-0.4, -0.2) is 5.78 Å². The fraction of sp³-hybridized carbons (Fsp3) is 0.727. The van der Waals surface area contributed by atoms with Gasteiger partial charge in [-0.25, -0.2) is 0 Å². The molecule has 1 heteroatoms. The van der Waals surface area contributed by atoms with Gasteiger partial charge in [0.25, 0.3) is 0 Å². The number of allylic oxidation sites excluding steroid dienone is 2. The molecule has 1 rings (SSSR count). The van der Waals surface area contributed by atoms with E-state index >= 15 is 0 Å². The van der Waals surface area contributed by atoms with E-state index in [1.165, 1.54) is 6.42 Å². The molecular formula is C11H18O. The molecule has 0 saturated heterocycles. The van der Waals surface area contributed by atoms with Gasteiger partial charge in [-0.3, -0.25) is 4.79 Å². The number of carbonyl (C=O) groups excluding carboxylic acids is 1. The van der Waals surface area contributed by atoms with Crippen LogP contribution in [0.3, 0.4) is 0 Å². The van der Waals surface area contributed by atoms with Crippen LogP contribution in [0.4, 0.5) is 0 Å². The van der Waals surface area contributed by atoms with Crippen molar-refractivity contribution in [2.45, 2.75) is 40.0 Å². The van der Waals surface area contributed by atoms with Gasteiger partial charge in [-0.2, -0.15) is 0 Å². The molecule has 0 aliphatic heterocycles. The molecule has 0 bridgehead atoms. The highest BCUT2D eigenvalue weighted by atomic mass is 16.1. The summed E-state index contributed by atoms with van der Waals surface area (Å²) in [5.41, 5.74) is 1.07. The lowest BCUT2D eigenvalue weighted by molar-refractivity contribution is -0.119. The van der Waals surface area contributed by atoms with Crippen molar-refractivity contribution in [3.05, 3.63) is 11.6 Å². The maximum absolute atomic E-state index is 11.6. The SMILES string of the molecule is CC(C)/C=C1/CCCC(C)C1=O. The van der Waals surface area contributed by atoms with Gasteiger partial charge in [-0.05, 0) is 30.8 Å². The largest absolute Gasteiger partial charge is 0.294 e. The minimum Gasteiger partial charge on any atom is -0.294 e. The first-order valence-electron chi connectivity index (χ1n) is 4.86. The molecule has 0 radical (unpaired) electrons. The molecule has 0 aromatic carbocycles. The first-order chi connectivity index (χ1) is 5.61. The highest BCUT2D eigenvalue weighted by Gasteiger charge is 2.22. The summed E-state index contributed by atoms with van der Waals surface area (Å²) in [7, 11) is 0. The second-order valence-corrected chi connectivity index (χ2v) is 4.09. The zero-order valence-electron chi connectivity index (χ0n) is 8.26. The molecule has 1 aliphatic rings. The van der Waals surface area contributed by atoms with Crippen LogP contribution in [0, 0.1) is 11.8 Å². The van der Waals surface area contributed by atoms with Gasteiger partial charge in [-0.15, -0.1) is 0 Å². The summed E-state index contributed by atoms with van der Waals surface area (Å²) >= 11 is 0. The molecule has 1 nitrogen and oxygen atoms in total. The molecule has 68 valence electrons. The Balaban J connectivity index is 2.70. The normalized spacial score (nSPS) is 28.5. The molecule has 1 atom stereocenters. The van der Waals surface area contributed by atoms with E-state index in [9.17, 15) is 4.79 Å². The Kier molecular flexibility index (Phi) is 3.07. The lowest BCUT2D eigenvalue weighted by atomic mass is 9.84. The van der Waals surface area contributed by atoms with Crippen molar-refractivity contribution in [2.75, 3.05) is 0 Å². The van der Waals surface area contributed by atoms with Gasteiger partial charge >= 0.3 is 0 Å². The smallest absolute Gasteiger partial charge is 0.161 e. The fourth-order valence-corrected chi connectivity index (χ4v) is 1.74. The summed E-state index contributed by atoms with van der Waals surface area (Å²) in [5, 5.41) is 0. The third-order valence-corrected chi connectivity index (χ3v) is 2.38. The summed E-state index contributed by atoms with van der Waals surface area (Å²) in [6.07, 6.45) is 5.39. The molecule has 0 heterocycles. The van der Waals surface area contributed by atoms with Gasteiger partial charge < -0.3 is 0 Å². The average molecular weight is 166 g/mol. The molecule has 0 aromatic heterocycles. The van der Waals surface area contributed by atoms with Gasteiger partial charge in [-0.1, -0.05) is 26.8 Å². The Morgan fingerprint density at radius 2 is 2.17 bits per heavy atom. The molecule has 1 fully saturated rings. The van der Waals surface area contributed by atoms with E-state index in [2.05, 4.69) is 19.9 Å². The Labute approximate surface area is 74.9 Å². The van der Waals surface area contributed by atoms with Crippen LogP contribution in [0.2, 0.25) is 0 Å². The van der Waals surface area contributed by atoms with Crippen molar-refractivity contribution in [1.29, 1.82) is 0 Å². The number of Topliss-reactive ketones (excluding diaryl/α,β-unsaturated/α-hetero) is 1. The van der Waals surface area contributed by atoms with Crippen molar-refractivity contribution in [1.82, 2.24) is 0 Å². The summed E-state index contributed by atoms with van der Waals surface area (Å²) < 4.78 is 0. The summed E-state index contributed by atoms with van der Waals surface area (Å²) in [5.74, 6) is 1.16. The predicted molar refractivity (Wildman–Crippen MR) is 50.9 cm³/mol. The van der Waals surface area contributed by atoms with Gasteiger partial charge in [0.15, 0.2) is 5.78 Å². The van der Waals surface area contributed by atoms with Crippen LogP contribution < -0.4 is 0 Å². The average Bonchev–Trinajstić information content (AvgIpc) is 1.98. The second-order valence-electron chi connectivity index (χ2n) is 4.09. The summed E-state index contributed by atoms with van der Waals surface area (Å²) in [6.45, 7) is 6.29. The van der Waals surface area contributed by atoms with E-state index in [4.69, 9.17) is 0 Å². The first kappa shape index (κ1) is 9.50. The van der Waals surface area contributed by atoms with E-state index in [1.54, 1.807) is 0 Å². The van der Waals surface area contributed by atoms with Crippen LogP contribution in [0.1, 0.15) is 40.0 Å². The second kappa shape index (κ2) is 3.88. The number of hydrogen-bond acceptors (Lipinski definition) is 1. The standard InChI is InChI=1S/C11H18O/c1-8(2)7-10-6-4-5-9(3)11(10)12/h7-9H,4-6H2,1-3H3/b10-7-. The fourth-order valence-electron chi connectivity index (χ4n) is 1.74. The van der Waals surface area contributed by atoms with Gasteiger partial charge in [0.2, 0.25) is 0 Å². The third-order valence-electron chi connectivity index (χ3n) is 2.38. The zero-order chi connectivity index (χ0) is 9.14. The Morgan fingerprint density at radius 1 is 1.50 bits per heavy atom. The molecule has 0 aromatic rings. The summed E-state index contributed by atoms with van der Waals surface area (Å²) in [6, 6.07) is 0. The minimum atomic E-state index is 0.267. The van der Waals surface area contributed by atoms with Crippen molar-refractivity contribution >= 4 is 5.78 Å². The highest BCUT2D eigenvalue weighted by Crippen LogP contribution is 2.25. The molecule has 12 heavy (non-hydrogen) atoms. The van der Waals surface area contributed by atoms with Crippen LogP contribution in [0.15, 0.2) is 11.6 Å². The molecule has 1 aliphatic carbocycles. The lowest BCUT2D eigenvalue weighted by Gasteiger charge is -2.19. The zero-order valence-corrected chi connectivity index (χ0v) is 8.26. The minimum absolute atomic E-state index is 0.267. The monoisotopic (exact) mass is 166 g/mol. The molecular weight excluding hydrogens is 148 g/mol. The quantitative estimate of drug-likeness (QED) is 0.547.